The Bertz CT molecular complexity index is 4110. The summed E-state index contributed by atoms with van der Waals surface area (Å²) in [6, 6.07) is 36.5. The zero-order chi connectivity index (χ0) is 70.1. The summed E-state index contributed by atoms with van der Waals surface area (Å²) in [4.78, 5) is 111. The quantitative estimate of drug-likeness (QED) is 0.0294. The highest BCUT2D eigenvalue weighted by Gasteiger charge is 2.26. The van der Waals surface area contributed by atoms with Crippen LogP contribution in [0.3, 0.4) is 0 Å². The topological polar surface area (TPSA) is 284 Å². The molecule has 9 rings (SSSR count). The number of aromatic nitrogens is 4. The molecule has 4 aromatic heterocycles. The average molecular weight is 1320 g/mol. The van der Waals surface area contributed by atoms with E-state index in [1.807, 2.05) is 107 Å². The summed E-state index contributed by atoms with van der Waals surface area (Å²) in [5.41, 5.74) is 12.9. The predicted molar refractivity (Wildman–Crippen MR) is 370 cm³/mol. The predicted octanol–water partition coefficient (Wildman–Crippen LogP) is 11.7. The van der Waals surface area contributed by atoms with Gasteiger partial charge in [-0.15, -0.1) is 0 Å². The van der Waals surface area contributed by atoms with Crippen LogP contribution >= 0.6 is 0 Å². The molecule has 0 radical (unpaired) electrons. The SMILES string of the molecule is Cc1c(CC(=O)c2ccc(CN(CCO)C(=O)OC(C)(C)C)cn2)cccc1-c1cccc(NC(=O)c2ccc(C=O)cn2)c1C.Cc1c(CC(=O)c2ccc(CN(CCO)C(=O)OC(C)(C)C)cn2)cccc1-c1cccc(NC(=O)c2ccc(CN3CC[C@@H](O)C3)cn2)c1C. The molecular formula is C76H85N9O12. The number of ketones is 2. The molecule has 0 unspecified atom stereocenters. The molecule has 1 saturated heterocycles. The average Bonchev–Trinajstić information content (AvgIpc) is 1.17. The van der Waals surface area contributed by atoms with Gasteiger partial charge in [0.25, 0.3) is 11.8 Å². The minimum absolute atomic E-state index is 0.105. The zero-order valence-corrected chi connectivity index (χ0v) is 56.6. The Balaban J connectivity index is 0.000000249. The van der Waals surface area contributed by atoms with Crippen molar-refractivity contribution in [3.63, 3.8) is 0 Å². The summed E-state index contributed by atoms with van der Waals surface area (Å²) in [7, 11) is 0. The normalized spacial score (nSPS) is 13.0. The van der Waals surface area contributed by atoms with Gasteiger partial charge in [-0.3, -0.25) is 48.8 Å². The van der Waals surface area contributed by atoms with Crippen molar-refractivity contribution in [3.8, 4) is 22.3 Å². The molecule has 4 aromatic carbocycles. The van der Waals surface area contributed by atoms with E-state index < -0.39 is 29.3 Å². The number of aldehydes is 1. The van der Waals surface area contributed by atoms with Gasteiger partial charge in [0.15, 0.2) is 17.9 Å². The third-order valence-electron chi connectivity index (χ3n) is 16.2. The molecule has 1 aliphatic rings. The van der Waals surface area contributed by atoms with Gasteiger partial charge in [-0.05, 0) is 190 Å². The maximum atomic E-state index is 13.4. The fourth-order valence-electron chi connectivity index (χ4n) is 11.0. The number of likely N-dealkylation sites (tertiary alicyclic amines) is 1. The summed E-state index contributed by atoms with van der Waals surface area (Å²) in [5, 5.41) is 34.6. The van der Waals surface area contributed by atoms with Gasteiger partial charge in [-0.25, -0.2) is 9.59 Å². The number of ether oxygens (including phenoxy) is 2. The maximum absolute atomic E-state index is 13.4. The summed E-state index contributed by atoms with van der Waals surface area (Å²) < 4.78 is 10.9. The van der Waals surface area contributed by atoms with Crippen LogP contribution in [-0.2, 0) is 41.9 Å². The first kappa shape index (κ1) is 72.6. The molecule has 4 amide bonds. The van der Waals surface area contributed by atoms with Gasteiger partial charge in [0.05, 0.1) is 32.4 Å². The molecule has 0 saturated carbocycles. The van der Waals surface area contributed by atoms with Gasteiger partial charge in [0, 0.05) is 87.3 Å². The third kappa shape index (κ3) is 20.2. The molecule has 21 nitrogen and oxygen atoms in total. The van der Waals surface area contributed by atoms with Crippen LogP contribution in [0.2, 0.25) is 0 Å². The second-order valence-electron chi connectivity index (χ2n) is 25.9. The fraction of sp³-hybridized carbons (Fsp3) is 0.329. The zero-order valence-electron chi connectivity index (χ0n) is 56.6. The molecule has 0 bridgehead atoms. The molecule has 97 heavy (non-hydrogen) atoms. The Labute approximate surface area is 566 Å². The number of aliphatic hydroxyl groups is 3. The Morgan fingerprint density at radius 1 is 0.526 bits per heavy atom. The number of pyridine rings is 4. The number of carbonyl (C=O) groups excluding carboxylic acids is 7. The highest BCUT2D eigenvalue weighted by molar-refractivity contribution is 6.05. The molecule has 1 aliphatic heterocycles. The number of nitrogens with zero attached hydrogens (tertiary/aromatic N) is 7. The summed E-state index contributed by atoms with van der Waals surface area (Å²) in [6.07, 6.45) is 6.56. The standard InChI is InChI=1S/C40H47N5O6.C36H38N4O6/c1-26-30(20-37(48)35-14-12-29(22-41-35)24-45(18-19-46)39(50)51-40(3,4)5)8-6-9-32(26)33-10-7-11-34(27(33)2)43-38(49)36-15-13-28(21-42-36)23-44-17-16-31(47)25-44;1-23-27(18-33(43)31-14-12-25(19-37-31)21-40(16-17-41)35(45)46-36(3,4)5)8-6-9-28(23)29-10-7-11-30(24(29)2)39-34(44)32-15-13-26(22-42)20-38-32/h6-15,21-22,31,46-47H,16-20,23-25H2,1-5H3,(H,43,49);6-15,19-20,22,41H,16-18,21H2,1-5H3,(H,39,44)/t31-;/m1./s1. The summed E-state index contributed by atoms with van der Waals surface area (Å²) in [6.45, 7) is 20.8. The molecule has 0 aliphatic carbocycles. The van der Waals surface area contributed by atoms with Gasteiger partial charge in [0.1, 0.15) is 34.0 Å². The highest BCUT2D eigenvalue weighted by Crippen LogP contribution is 2.35. The van der Waals surface area contributed by atoms with Crippen molar-refractivity contribution in [1.29, 1.82) is 0 Å². The first-order chi connectivity index (χ1) is 46.2. The fourth-order valence-corrected chi connectivity index (χ4v) is 11.0. The molecule has 1 fully saturated rings. The number of nitrogens with one attached hydrogen (secondary N) is 2. The van der Waals surface area contributed by atoms with E-state index >= 15 is 0 Å². The van der Waals surface area contributed by atoms with E-state index in [0.29, 0.717) is 64.5 Å². The van der Waals surface area contributed by atoms with Crippen molar-refractivity contribution >= 4 is 53.2 Å². The van der Waals surface area contributed by atoms with Crippen LogP contribution in [-0.4, -0.2) is 149 Å². The number of benzene rings is 4. The van der Waals surface area contributed by atoms with Crippen LogP contribution in [0.4, 0.5) is 21.0 Å². The number of hydrogen-bond donors (Lipinski definition) is 5. The lowest BCUT2D eigenvalue weighted by atomic mass is 9.91. The van der Waals surface area contributed by atoms with E-state index in [2.05, 4.69) is 35.5 Å². The number of amides is 4. The number of anilines is 2. The van der Waals surface area contributed by atoms with E-state index in [4.69, 9.17) is 9.47 Å². The minimum Gasteiger partial charge on any atom is -0.444 e. The van der Waals surface area contributed by atoms with Gasteiger partial charge in [-0.2, -0.15) is 0 Å². The number of carbonyl (C=O) groups is 7. The number of hydrogen-bond acceptors (Lipinski definition) is 17. The minimum atomic E-state index is -0.670. The van der Waals surface area contributed by atoms with Gasteiger partial charge in [0.2, 0.25) is 0 Å². The van der Waals surface area contributed by atoms with Crippen molar-refractivity contribution in [2.45, 2.75) is 125 Å². The Morgan fingerprint density at radius 3 is 1.28 bits per heavy atom. The summed E-state index contributed by atoms with van der Waals surface area (Å²) >= 11 is 0. The Hall–Kier alpha value is -10.2. The van der Waals surface area contributed by atoms with Crippen LogP contribution in [0.15, 0.2) is 146 Å². The van der Waals surface area contributed by atoms with Crippen LogP contribution in [0.25, 0.3) is 22.3 Å². The molecule has 21 heteroatoms. The van der Waals surface area contributed by atoms with Crippen LogP contribution in [0.1, 0.15) is 150 Å². The van der Waals surface area contributed by atoms with Crippen LogP contribution in [0, 0.1) is 27.7 Å². The van der Waals surface area contributed by atoms with Gasteiger partial charge < -0.3 is 45.2 Å². The monoisotopic (exact) mass is 1320 g/mol. The van der Waals surface area contributed by atoms with Crippen molar-refractivity contribution in [3.05, 3.63) is 225 Å². The van der Waals surface area contributed by atoms with Gasteiger partial charge >= 0.3 is 12.2 Å². The molecule has 506 valence electrons. The Morgan fingerprint density at radius 2 is 0.918 bits per heavy atom. The second kappa shape index (κ2) is 33.0. The van der Waals surface area contributed by atoms with Crippen LogP contribution in [0.5, 0.6) is 0 Å². The molecule has 0 spiro atoms. The van der Waals surface area contributed by atoms with E-state index in [9.17, 15) is 48.9 Å². The molecule has 8 aromatic rings. The lowest BCUT2D eigenvalue weighted by Gasteiger charge is -2.27. The van der Waals surface area contributed by atoms with Crippen molar-refractivity contribution < 1.29 is 58.4 Å². The maximum Gasteiger partial charge on any atom is 0.410 e. The van der Waals surface area contributed by atoms with E-state index in [0.717, 1.165) is 74.2 Å². The lowest BCUT2D eigenvalue weighted by molar-refractivity contribution is 0.0193. The number of rotatable bonds is 23. The second-order valence-corrected chi connectivity index (χ2v) is 25.9. The smallest absolute Gasteiger partial charge is 0.410 e. The van der Waals surface area contributed by atoms with Crippen molar-refractivity contribution in [2.75, 3.05) is 50.0 Å². The third-order valence-corrected chi connectivity index (χ3v) is 16.2. The molecule has 5 heterocycles. The lowest BCUT2D eigenvalue weighted by Crippen LogP contribution is -2.38. The molecular weight excluding hydrogens is 1230 g/mol. The van der Waals surface area contributed by atoms with Crippen molar-refractivity contribution in [1.82, 2.24) is 34.6 Å². The molecule has 1 atom stereocenters. The van der Waals surface area contributed by atoms with E-state index in [-0.39, 0.29) is 81.5 Å². The van der Waals surface area contributed by atoms with E-state index in [1.54, 1.807) is 90.5 Å². The number of Topliss-reactive ketones (excluding diaryl/α,β-unsaturated/α-hetero) is 2. The first-order valence-electron chi connectivity index (χ1n) is 32.1. The van der Waals surface area contributed by atoms with E-state index in [1.165, 1.54) is 28.1 Å². The van der Waals surface area contributed by atoms with Gasteiger partial charge in [-0.1, -0.05) is 78.9 Å². The molecule has 5 N–H and O–H groups in total. The highest BCUT2D eigenvalue weighted by atomic mass is 16.6. The van der Waals surface area contributed by atoms with Crippen LogP contribution < -0.4 is 10.6 Å². The number of aliphatic hydroxyl groups excluding tert-OH is 3. The largest absolute Gasteiger partial charge is 0.444 e. The summed E-state index contributed by atoms with van der Waals surface area (Å²) in [5.74, 6) is -0.996. The van der Waals surface area contributed by atoms with Crippen molar-refractivity contribution in [2.24, 2.45) is 0 Å². The number of β-amino-alcohol motifs (C(OH)–C–C–N with tert-alkyl or cyclic N) is 1. The first-order valence-corrected chi connectivity index (χ1v) is 32.1. The Kier molecular flexibility index (Phi) is 24.7.